The van der Waals surface area contributed by atoms with Crippen molar-refractivity contribution in [1.29, 1.82) is 0 Å². The number of aromatic nitrogens is 2. The van der Waals surface area contributed by atoms with Crippen molar-refractivity contribution >= 4 is 17.3 Å². The van der Waals surface area contributed by atoms with E-state index in [0.29, 0.717) is 17.5 Å². The second-order valence-electron chi connectivity index (χ2n) is 4.78. The largest absolute Gasteiger partial charge is 0.396 e. The van der Waals surface area contributed by atoms with Gasteiger partial charge in [0.2, 0.25) is 0 Å². The van der Waals surface area contributed by atoms with Crippen LogP contribution in [0.1, 0.15) is 24.4 Å². The van der Waals surface area contributed by atoms with Gasteiger partial charge in [-0.3, -0.25) is 4.98 Å². The van der Waals surface area contributed by atoms with Crippen LogP contribution in [0.15, 0.2) is 36.7 Å². The Balaban J connectivity index is 1.93. The van der Waals surface area contributed by atoms with Crippen LogP contribution in [-0.2, 0) is 0 Å². The number of rotatable bonds is 2. The van der Waals surface area contributed by atoms with Gasteiger partial charge in [0, 0.05) is 18.9 Å². The van der Waals surface area contributed by atoms with E-state index in [4.69, 9.17) is 11.5 Å². The maximum atomic E-state index is 5.80. The van der Waals surface area contributed by atoms with Crippen LogP contribution in [0.4, 0.5) is 17.3 Å². The number of nitrogen functional groups attached to an aromatic ring is 2. The Kier molecular flexibility index (Phi) is 2.95. The van der Waals surface area contributed by atoms with Gasteiger partial charge in [-0.1, -0.05) is 0 Å². The fraction of sp³-hybridized carbons (Fsp3) is 0.286. The third kappa shape index (κ3) is 2.19. The lowest BCUT2D eigenvalue weighted by Crippen LogP contribution is -2.23. The zero-order chi connectivity index (χ0) is 13.2. The second-order valence-corrected chi connectivity index (χ2v) is 4.78. The molecule has 0 spiro atoms. The van der Waals surface area contributed by atoms with Crippen molar-refractivity contribution in [3.05, 3.63) is 42.2 Å². The fourth-order valence-electron chi connectivity index (χ4n) is 2.61. The topological polar surface area (TPSA) is 81.1 Å². The van der Waals surface area contributed by atoms with Gasteiger partial charge in [0.1, 0.15) is 11.6 Å². The summed E-state index contributed by atoms with van der Waals surface area (Å²) in [5.74, 6) is 1.30. The number of pyridine rings is 2. The van der Waals surface area contributed by atoms with E-state index in [0.717, 1.165) is 25.2 Å². The first kappa shape index (κ1) is 11.8. The van der Waals surface area contributed by atoms with Crippen molar-refractivity contribution in [2.75, 3.05) is 22.9 Å². The van der Waals surface area contributed by atoms with Crippen molar-refractivity contribution in [2.24, 2.45) is 0 Å². The van der Waals surface area contributed by atoms with Crippen LogP contribution in [0.25, 0.3) is 0 Å². The molecule has 1 saturated heterocycles. The van der Waals surface area contributed by atoms with Crippen LogP contribution in [0.5, 0.6) is 0 Å². The Bertz CT molecular complexity index is 569. The van der Waals surface area contributed by atoms with Crippen LogP contribution < -0.4 is 16.4 Å². The molecule has 4 N–H and O–H groups in total. The molecule has 98 valence electrons. The molecule has 5 heteroatoms. The maximum Gasteiger partial charge on any atom is 0.149 e. The quantitative estimate of drug-likeness (QED) is 0.857. The Labute approximate surface area is 112 Å². The van der Waals surface area contributed by atoms with E-state index in [9.17, 15) is 0 Å². The van der Waals surface area contributed by atoms with Gasteiger partial charge in [-0.15, -0.1) is 0 Å². The normalized spacial score (nSPS) is 18.7. The second kappa shape index (κ2) is 4.76. The molecule has 1 aliphatic heterocycles. The summed E-state index contributed by atoms with van der Waals surface area (Å²) in [5, 5.41) is 0. The van der Waals surface area contributed by atoms with Gasteiger partial charge in [-0.2, -0.15) is 0 Å². The Hall–Kier alpha value is -2.30. The van der Waals surface area contributed by atoms with Crippen LogP contribution in [-0.4, -0.2) is 16.5 Å². The van der Waals surface area contributed by atoms with Crippen LogP contribution in [0.2, 0.25) is 0 Å². The summed E-state index contributed by atoms with van der Waals surface area (Å²) in [4.78, 5) is 10.7. The van der Waals surface area contributed by atoms with Gasteiger partial charge in [-0.25, -0.2) is 4.98 Å². The SMILES string of the molecule is Nc1ccc(N2CCCC2c2ccncc2)nc1N. The Morgan fingerprint density at radius 3 is 2.63 bits per heavy atom. The lowest BCUT2D eigenvalue weighted by Gasteiger charge is -2.26. The van der Waals surface area contributed by atoms with Gasteiger partial charge >= 0.3 is 0 Å². The average molecular weight is 255 g/mol. The molecule has 0 bridgehead atoms. The minimum absolute atomic E-state index is 0.346. The van der Waals surface area contributed by atoms with E-state index in [1.807, 2.05) is 24.5 Å². The van der Waals surface area contributed by atoms with E-state index < -0.39 is 0 Å². The lowest BCUT2D eigenvalue weighted by molar-refractivity contribution is 0.711. The summed E-state index contributed by atoms with van der Waals surface area (Å²) in [6.45, 7) is 0.989. The number of anilines is 3. The summed E-state index contributed by atoms with van der Waals surface area (Å²) in [7, 11) is 0. The van der Waals surface area contributed by atoms with E-state index in [-0.39, 0.29) is 0 Å². The highest BCUT2D eigenvalue weighted by Gasteiger charge is 2.27. The molecule has 0 aromatic carbocycles. The molecule has 1 fully saturated rings. The molecular weight excluding hydrogens is 238 g/mol. The first-order chi connectivity index (χ1) is 9.25. The van der Waals surface area contributed by atoms with E-state index in [1.54, 1.807) is 0 Å². The van der Waals surface area contributed by atoms with Gasteiger partial charge in [-0.05, 0) is 42.7 Å². The van der Waals surface area contributed by atoms with Gasteiger partial charge in [0.15, 0.2) is 0 Å². The minimum atomic E-state index is 0.346. The highest BCUT2D eigenvalue weighted by molar-refractivity contribution is 5.62. The molecule has 1 aliphatic rings. The number of nitrogens with zero attached hydrogens (tertiary/aromatic N) is 3. The number of hydrogen-bond acceptors (Lipinski definition) is 5. The predicted molar refractivity (Wildman–Crippen MR) is 76.6 cm³/mol. The molecule has 0 radical (unpaired) electrons. The van der Waals surface area contributed by atoms with Gasteiger partial charge < -0.3 is 16.4 Å². The maximum absolute atomic E-state index is 5.80. The minimum Gasteiger partial charge on any atom is -0.396 e. The molecule has 2 aromatic heterocycles. The van der Waals surface area contributed by atoms with Crippen molar-refractivity contribution in [3.8, 4) is 0 Å². The summed E-state index contributed by atoms with van der Waals surface area (Å²) < 4.78 is 0. The van der Waals surface area contributed by atoms with E-state index in [2.05, 4.69) is 27.0 Å². The Morgan fingerprint density at radius 2 is 1.89 bits per heavy atom. The third-order valence-corrected chi connectivity index (χ3v) is 3.58. The Morgan fingerprint density at radius 1 is 1.11 bits per heavy atom. The van der Waals surface area contributed by atoms with E-state index in [1.165, 1.54) is 5.56 Å². The average Bonchev–Trinajstić information content (AvgIpc) is 2.92. The molecule has 2 aromatic rings. The fourth-order valence-corrected chi connectivity index (χ4v) is 2.61. The molecular formula is C14H17N5. The molecule has 0 saturated carbocycles. The van der Waals surface area contributed by atoms with Crippen molar-refractivity contribution in [3.63, 3.8) is 0 Å². The molecule has 5 nitrogen and oxygen atoms in total. The molecule has 3 heterocycles. The first-order valence-corrected chi connectivity index (χ1v) is 6.44. The van der Waals surface area contributed by atoms with E-state index >= 15 is 0 Å². The standard InChI is InChI=1S/C14H17N5/c15-11-3-4-13(18-14(11)16)19-9-1-2-12(19)10-5-7-17-8-6-10/h3-8,12H,1-2,9,15H2,(H2,16,18). The highest BCUT2D eigenvalue weighted by Crippen LogP contribution is 2.35. The molecule has 0 amide bonds. The predicted octanol–water partition coefficient (Wildman–Crippen LogP) is 1.98. The van der Waals surface area contributed by atoms with Gasteiger partial charge in [0.05, 0.1) is 11.7 Å². The van der Waals surface area contributed by atoms with Crippen LogP contribution in [0, 0.1) is 0 Å². The number of hydrogen-bond donors (Lipinski definition) is 2. The number of nitrogens with two attached hydrogens (primary N) is 2. The summed E-state index contributed by atoms with van der Waals surface area (Å²) in [5.41, 5.74) is 13.3. The third-order valence-electron chi connectivity index (χ3n) is 3.58. The summed E-state index contributed by atoms with van der Waals surface area (Å²) in [6.07, 6.45) is 5.93. The zero-order valence-corrected chi connectivity index (χ0v) is 10.7. The monoisotopic (exact) mass is 255 g/mol. The van der Waals surface area contributed by atoms with Crippen molar-refractivity contribution < 1.29 is 0 Å². The lowest BCUT2D eigenvalue weighted by atomic mass is 10.1. The molecule has 19 heavy (non-hydrogen) atoms. The van der Waals surface area contributed by atoms with Crippen LogP contribution >= 0.6 is 0 Å². The molecule has 3 rings (SSSR count). The zero-order valence-electron chi connectivity index (χ0n) is 10.7. The highest BCUT2D eigenvalue weighted by atomic mass is 15.2. The summed E-state index contributed by atoms with van der Waals surface area (Å²) >= 11 is 0. The first-order valence-electron chi connectivity index (χ1n) is 6.44. The molecule has 0 aliphatic carbocycles. The molecule has 1 unspecified atom stereocenters. The smallest absolute Gasteiger partial charge is 0.149 e. The molecule has 1 atom stereocenters. The van der Waals surface area contributed by atoms with Crippen molar-refractivity contribution in [2.45, 2.75) is 18.9 Å². The van der Waals surface area contributed by atoms with Crippen LogP contribution in [0.3, 0.4) is 0 Å². The summed E-state index contributed by atoms with van der Waals surface area (Å²) in [6, 6.07) is 8.22. The van der Waals surface area contributed by atoms with Gasteiger partial charge in [0.25, 0.3) is 0 Å². The van der Waals surface area contributed by atoms with Crippen molar-refractivity contribution in [1.82, 2.24) is 9.97 Å².